The number of nitro benzene ring substituents is 1. The highest BCUT2D eigenvalue weighted by Crippen LogP contribution is 2.38. The van der Waals surface area contributed by atoms with Crippen LogP contribution in [0.4, 0.5) is 10.7 Å². The van der Waals surface area contributed by atoms with Crippen molar-refractivity contribution < 1.29 is 38.3 Å². The molecular formula is C23H24N2O9S. The van der Waals surface area contributed by atoms with Gasteiger partial charge in [-0.1, -0.05) is 0 Å². The van der Waals surface area contributed by atoms with Gasteiger partial charge >= 0.3 is 17.9 Å². The van der Waals surface area contributed by atoms with Crippen LogP contribution >= 0.6 is 11.3 Å². The van der Waals surface area contributed by atoms with Crippen molar-refractivity contribution in [2.45, 2.75) is 45.6 Å². The van der Waals surface area contributed by atoms with E-state index in [0.29, 0.717) is 17.0 Å². The van der Waals surface area contributed by atoms with Gasteiger partial charge in [0.15, 0.2) is 6.61 Å². The first-order valence-electron chi connectivity index (χ1n) is 10.8. The molecule has 0 fully saturated rings. The summed E-state index contributed by atoms with van der Waals surface area (Å²) in [6.45, 7) is 2.75. The minimum absolute atomic E-state index is 0.212. The molecule has 0 aliphatic heterocycles. The number of carbonyl (C=O) groups excluding carboxylic acids is 4. The Labute approximate surface area is 204 Å². The van der Waals surface area contributed by atoms with Crippen molar-refractivity contribution >= 4 is 45.8 Å². The third kappa shape index (κ3) is 6.21. The van der Waals surface area contributed by atoms with Crippen molar-refractivity contribution in [3.8, 4) is 0 Å². The van der Waals surface area contributed by atoms with Crippen LogP contribution in [0.3, 0.4) is 0 Å². The molecule has 3 rings (SSSR count). The largest absolute Gasteiger partial charge is 0.465 e. The predicted molar refractivity (Wildman–Crippen MR) is 125 cm³/mol. The molecule has 0 unspecified atom stereocenters. The van der Waals surface area contributed by atoms with E-state index in [1.54, 1.807) is 13.8 Å². The number of carbonyl (C=O) groups is 4. The van der Waals surface area contributed by atoms with Gasteiger partial charge in [-0.3, -0.25) is 14.9 Å². The van der Waals surface area contributed by atoms with E-state index in [9.17, 15) is 29.3 Å². The Balaban J connectivity index is 1.74. The van der Waals surface area contributed by atoms with Gasteiger partial charge in [0.25, 0.3) is 11.6 Å². The molecule has 1 aromatic carbocycles. The molecule has 0 bridgehead atoms. The van der Waals surface area contributed by atoms with Gasteiger partial charge in [-0.2, -0.15) is 0 Å². The minimum Gasteiger partial charge on any atom is -0.465 e. The summed E-state index contributed by atoms with van der Waals surface area (Å²) in [5.74, 6) is -3.14. The number of ether oxygens (including phenoxy) is 3. The summed E-state index contributed by atoms with van der Waals surface area (Å²) in [4.78, 5) is 60.8. The van der Waals surface area contributed by atoms with Crippen molar-refractivity contribution in [1.29, 1.82) is 0 Å². The standard InChI is InChI=1S/C23H24N2O9S/c1-12(2)34-23(29)19-16-6-4-5-7-17(16)35-20(19)24-18(26)11-33-22(28)14-8-13(21(27)32-3)9-15(10-14)25(30)31/h8-10,12H,4-7,11H2,1-3H3,(H,24,26). The average Bonchev–Trinajstić information content (AvgIpc) is 3.18. The average molecular weight is 505 g/mol. The van der Waals surface area contributed by atoms with E-state index in [1.807, 2.05) is 0 Å². The number of esters is 3. The van der Waals surface area contributed by atoms with Crippen molar-refractivity contribution in [2.75, 3.05) is 19.0 Å². The van der Waals surface area contributed by atoms with Crippen LogP contribution in [-0.4, -0.2) is 48.6 Å². The Hall–Kier alpha value is -3.80. The highest BCUT2D eigenvalue weighted by atomic mass is 32.1. The molecule has 1 amide bonds. The second-order valence-corrected chi connectivity index (χ2v) is 9.12. The number of non-ortho nitro benzene ring substituents is 1. The molecule has 1 aromatic heterocycles. The van der Waals surface area contributed by atoms with Crippen LogP contribution < -0.4 is 5.32 Å². The molecule has 0 atom stereocenters. The zero-order chi connectivity index (χ0) is 25.7. The molecule has 1 aliphatic rings. The number of fused-ring (bicyclic) bond motifs is 1. The molecular weight excluding hydrogens is 480 g/mol. The minimum atomic E-state index is -1.04. The monoisotopic (exact) mass is 504 g/mol. The van der Waals surface area contributed by atoms with Crippen molar-refractivity contribution in [2.24, 2.45) is 0 Å². The quantitative estimate of drug-likeness (QED) is 0.246. The molecule has 1 heterocycles. The maximum absolute atomic E-state index is 12.7. The summed E-state index contributed by atoms with van der Waals surface area (Å²) in [7, 11) is 1.09. The summed E-state index contributed by atoms with van der Waals surface area (Å²) in [5, 5.41) is 14.1. The summed E-state index contributed by atoms with van der Waals surface area (Å²) in [5.41, 5.74) is 0.170. The lowest BCUT2D eigenvalue weighted by atomic mass is 9.95. The molecule has 0 saturated carbocycles. The van der Waals surface area contributed by atoms with E-state index in [0.717, 1.165) is 55.0 Å². The molecule has 0 radical (unpaired) electrons. The van der Waals surface area contributed by atoms with Gasteiger partial charge in [0, 0.05) is 17.0 Å². The molecule has 1 N–H and O–H groups in total. The number of methoxy groups -OCH3 is 1. The third-order valence-corrected chi connectivity index (χ3v) is 6.30. The summed E-state index contributed by atoms with van der Waals surface area (Å²) in [6, 6.07) is 2.97. The zero-order valence-corrected chi connectivity index (χ0v) is 20.2. The lowest BCUT2D eigenvalue weighted by molar-refractivity contribution is -0.384. The Kier molecular flexibility index (Phi) is 8.18. The number of amides is 1. The predicted octanol–water partition coefficient (Wildman–Crippen LogP) is 3.68. The molecule has 0 saturated heterocycles. The van der Waals surface area contributed by atoms with E-state index in [2.05, 4.69) is 10.1 Å². The Morgan fingerprint density at radius 1 is 1.06 bits per heavy atom. The van der Waals surface area contributed by atoms with Crippen molar-refractivity contribution in [3.63, 3.8) is 0 Å². The fourth-order valence-corrected chi connectivity index (χ4v) is 4.88. The van der Waals surface area contributed by atoms with Crippen molar-refractivity contribution in [3.05, 3.63) is 55.4 Å². The number of hydrogen-bond acceptors (Lipinski definition) is 10. The van der Waals surface area contributed by atoms with Gasteiger partial charge in [0.2, 0.25) is 0 Å². The number of rotatable bonds is 8. The number of anilines is 1. The lowest BCUT2D eigenvalue weighted by Crippen LogP contribution is -2.22. The normalized spacial score (nSPS) is 12.5. The van der Waals surface area contributed by atoms with E-state index in [1.165, 1.54) is 11.3 Å². The highest BCUT2D eigenvalue weighted by molar-refractivity contribution is 7.17. The maximum atomic E-state index is 12.7. The van der Waals surface area contributed by atoms with Gasteiger partial charge < -0.3 is 19.5 Å². The van der Waals surface area contributed by atoms with Crippen LogP contribution in [0.15, 0.2) is 18.2 Å². The number of benzene rings is 1. The molecule has 1 aliphatic carbocycles. The van der Waals surface area contributed by atoms with E-state index in [4.69, 9.17) is 9.47 Å². The topological polar surface area (TPSA) is 151 Å². The van der Waals surface area contributed by atoms with Crippen LogP contribution in [0.1, 0.15) is 68.2 Å². The van der Waals surface area contributed by atoms with Crippen LogP contribution in [0.25, 0.3) is 0 Å². The van der Waals surface area contributed by atoms with E-state index < -0.39 is 41.0 Å². The first-order chi connectivity index (χ1) is 16.6. The molecule has 186 valence electrons. The van der Waals surface area contributed by atoms with Crippen LogP contribution in [0.5, 0.6) is 0 Å². The number of nitrogens with zero attached hydrogens (tertiary/aromatic N) is 1. The fraction of sp³-hybridized carbons (Fsp3) is 0.391. The van der Waals surface area contributed by atoms with E-state index >= 15 is 0 Å². The zero-order valence-electron chi connectivity index (χ0n) is 19.4. The summed E-state index contributed by atoms with van der Waals surface area (Å²) < 4.78 is 14.9. The smallest absolute Gasteiger partial charge is 0.341 e. The number of thiophene rings is 1. The number of hydrogen-bond donors (Lipinski definition) is 1. The fourth-order valence-electron chi connectivity index (χ4n) is 3.59. The second kappa shape index (κ2) is 11.1. The van der Waals surface area contributed by atoms with Crippen LogP contribution in [0.2, 0.25) is 0 Å². The first kappa shape index (κ1) is 25.8. The second-order valence-electron chi connectivity index (χ2n) is 8.01. The van der Waals surface area contributed by atoms with E-state index in [-0.39, 0.29) is 17.2 Å². The molecule has 2 aromatic rings. The summed E-state index contributed by atoms with van der Waals surface area (Å²) >= 11 is 1.29. The third-order valence-electron chi connectivity index (χ3n) is 5.09. The number of nitrogens with one attached hydrogen (secondary N) is 1. The Bertz CT molecular complexity index is 1190. The number of aryl methyl sites for hydroxylation is 1. The van der Waals surface area contributed by atoms with Crippen LogP contribution in [-0.2, 0) is 31.8 Å². The van der Waals surface area contributed by atoms with Gasteiger partial charge in [-0.15, -0.1) is 11.3 Å². The van der Waals surface area contributed by atoms with Crippen molar-refractivity contribution in [1.82, 2.24) is 0 Å². The molecule has 0 spiro atoms. The van der Waals surface area contributed by atoms with Gasteiger partial charge in [-0.05, 0) is 51.2 Å². The Morgan fingerprint density at radius 3 is 2.34 bits per heavy atom. The van der Waals surface area contributed by atoms with Gasteiger partial charge in [-0.25, -0.2) is 14.4 Å². The maximum Gasteiger partial charge on any atom is 0.341 e. The Morgan fingerprint density at radius 2 is 1.71 bits per heavy atom. The van der Waals surface area contributed by atoms with Gasteiger partial charge in [0.05, 0.1) is 34.8 Å². The SMILES string of the molecule is COC(=O)c1cc(C(=O)OCC(=O)Nc2sc3c(c2C(=O)OC(C)C)CCCC3)cc([N+](=O)[O-])c1. The van der Waals surface area contributed by atoms with Gasteiger partial charge in [0.1, 0.15) is 5.00 Å². The first-order valence-corrected chi connectivity index (χ1v) is 11.6. The number of nitro groups is 1. The molecule has 12 heteroatoms. The highest BCUT2D eigenvalue weighted by Gasteiger charge is 2.28. The lowest BCUT2D eigenvalue weighted by Gasteiger charge is -2.14. The van der Waals surface area contributed by atoms with Crippen LogP contribution in [0, 0.1) is 10.1 Å². The molecule has 11 nitrogen and oxygen atoms in total. The molecule has 35 heavy (non-hydrogen) atoms. The summed E-state index contributed by atoms with van der Waals surface area (Å²) in [6.07, 6.45) is 3.06.